The van der Waals surface area contributed by atoms with E-state index in [0.717, 1.165) is 18.6 Å². The second kappa shape index (κ2) is 8.02. The van der Waals surface area contributed by atoms with Crippen molar-refractivity contribution in [2.75, 3.05) is 6.61 Å². The first-order valence-electron chi connectivity index (χ1n) is 8.46. The Morgan fingerprint density at radius 1 is 1.22 bits per heavy atom. The summed E-state index contributed by atoms with van der Waals surface area (Å²) in [6.45, 7) is 2.59. The summed E-state index contributed by atoms with van der Waals surface area (Å²) in [7, 11) is 0. The molecular weight excluding hydrogens is 312 g/mol. The number of carbonyl (C=O) groups excluding carboxylic acids is 1. The molecule has 2 atom stereocenters. The van der Waals surface area contributed by atoms with E-state index in [-0.39, 0.29) is 18.3 Å². The molecule has 1 amide bonds. The highest BCUT2D eigenvalue weighted by molar-refractivity contribution is 5.94. The summed E-state index contributed by atoms with van der Waals surface area (Å²) in [5.41, 5.74) is 6.85. The summed E-state index contributed by atoms with van der Waals surface area (Å²) in [6.07, 6.45) is 5.75. The fourth-order valence-electron chi connectivity index (χ4n) is 4.13. The number of nitrogens with two attached hydrogens (primary N) is 1. The third-order valence-electron chi connectivity index (χ3n) is 5.10. The summed E-state index contributed by atoms with van der Waals surface area (Å²) in [4.78, 5) is 12.5. The second-order valence-electron chi connectivity index (χ2n) is 6.64. The van der Waals surface area contributed by atoms with Crippen LogP contribution in [-0.2, 0) is 0 Å². The summed E-state index contributed by atoms with van der Waals surface area (Å²) >= 11 is 0. The Hall–Kier alpha value is -1.26. The molecule has 2 saturated carbocycles. The predicted molar refractivity (Wildman–Crippen MR) is 94.2 cm³/mol. The number of hydrogen-bond donors (Lipinski definition) is 2. The highest BCUT2D eigenvalue weighted by atomic mass is 35.5. The number of benzene rings is 1. The molecule has 2 aliphatic rings. The van der Waals surface area contributed by atoms with Crippen LogP contribution < -0.4 is 15.8 Å². The maximum absolute atomic E-state index is 12.5. The van der Waals surface area contributed by atoms with Crippen LogP contribution in [-0.4, -0.2) is 24.6 Å². The highest BCUT2D eigenvalue weighted by Crippen LogP contribution is 2.39. The van der Waals surface area contributed by atoms with Crippen LogP contribution in [0.15, 0.2) is 24.3 Å². The van der Waals surface area contributed by atoms with Gasteiger partial charge in [0.2, 0.25) is 0 Å². The number of nitrogens with one attached hydrogen (secondary N) is 1. The van der Waals surface area contributed by atoms with E-state index < -0.39 is 0 Å². The summed E-state index contributed by atoms with van der Waals surface area (Å²) in [6, 6.07) is 8.00. The molecular formula is C18H27ClN2O2. The second-order valence-corrected chi connectivity index (χ2v) is 6.64. The van der Waals surface area contributed by atoms with E-state index in [1.165, 1.54) is 19.3 Å². The molecule has 2 aliphatic carbocycles. The number of hydrogen-bond acceptors (Lipinski definition) is 3. The predicted octanol–water partition coefficient (Wildman–Crippen LogP) is 3.14. The number of ether oxygens (including phenoxy) is 1. The molecule has 0 heterocycles. The molecule has 5 heteroatoms. The third kappa shape index (κ3) is 4.18. The smallest absolute Gasteiger partial charge is 0.251 e. The van der Waals surface area contributed by atoms with E-state index in [1.807, 2.05) is 31.2 Å². The van der Waals surface area contributed by atoms with Gasteiger partial charge in [-0.3, -0.25) is 4.79 Å². The summed E-state index contributed by atoms with van der Waals surface area (Å²) in [5, 5.41) is 3.27. The molecule has 2 unspecified atom stereocenters. The van der Waals surface area contributed by atoms with Gasteiger partial charge >= 0.3 is 0 Å². The Bertz CT molecular complexity index is 506. The van der Waals surface area contributed by atoms with Crippen molar-refractivity contribution in [2.45, 2.75) is 51.1 Å². The lowest BCUT2D eigenvalue weighted by molar-refractivity contribution is 0.0756. The molecule has 0 radical (unpaired) electrons. The van der Waals surface area contributed by atoms with Crippen LogP contribution in [0.1, 0.15) is 49.4 Å². The SMILES string of the molecule is CCOc1ccc(C(=O)NC2C3CCCC2CC(N)C3)cc1.Cl. The average molecular weight is 339 g/mol. The standard InChI is InChI=1S/C18H26N2O2.ClH/c1-2-22-16-8-6-12(7-9-16)18(21)20-17-13-4-3-5-14(17)11-15(19)10-13;/h6-9,13-15,17H,2-5,10-11,19H2,1H3,(H,20,21);1H. The van der Waals surface area contributed by atoms with Gasteiger partial charge in [0.1, 0.15) is 5.75 Å². The maximum Gasteiger partial charge on any atom is 0.251 e. The molecule has 3 rings (SSSR count). The topological polar surface area (TPSA) is 64.3 Å². The largest absolute Gasteiger partial charge is 0.494 e. The van der Waals surface area contributed by atoms with Gasteiger partial charge in [-0.15, -0.1) is 12.4 Å². The molecule has 23 heavy (non-hydrogen) atoms. The summed E-state index contributed by atoms with van der Waals surface area (Å²) in [5.74, 6) is 1.93. The van der Waals surface area contributed by atoms with Crippen molar-refractivity contribution in [3.05, 3.63) is 29.8 Å². The Morgan fingerprint density at radius 2 is 1.83 bits per heavy atom. The molecule has 2 fully saturated rings. The van der Waals surface area contributed by atoms with Crippen molar-refractivity contribution in [1.82, 2.24) is 5.32 Å². The van der Waals surface area contributed by atoms with E-state index in [4.69, 9.17) is 10.5 Å². The fraction of sp³-hybridized carbons (Fsp3) is 0.611. The summed E-state index contributed by atoms with van der Waals surface area (Å²) < 4.78 is 5.42. The molecule has 0 spiro atoms. The zero-order chi connectivity index (χ0) is 15.5. The van der Waals surface area contributed by atoms with E-state index in [9.17, 15) is 4.79 Å². The van der Waals surface area contributed by atoms with Crippen molar-refractivity contribution < 1.29 is 9.53 Å². The van der Waals surface area contributed by atoms with Gasteiger partial charge in [0.25, 0.3) is 5.91 Å². The molecule has 2 bridgehead atoms. The number of fused-ring (bicyclic) bond motifs is 2. The third-order valence-corrected chi connectivity index (χ3v) is 5.10. The van der Waals surface area contributed by atoms with Crippen LogP contribution in [0.2, 0.25) is 0 Å². The minimum absolute atomic E-state index is 0. The van der Waals surface area contributed by atoms with Crippen molar-refractivity contribution in [2.24, 2.45) is 17.6 Å². The minimum atomic E-state index is 0. The molecule has 0 saturated heterocycles. The molecule has 0 aromatic heterocycles. The van der Waals surface area contributed by atoms with Gasteiger partial charge < -0.3 is 15.8 Å². The normalized spacial score (nSPS) is 29.3. The first-order chi connectivity index (χ1) is 10.7. The highest BCUT2D eigenvalue weighted by Gasteiger charge is 2.39. The Kier molecular flexibility index (Phi) is 6.31. The van der Waals surface area contributed by atoms with Crippen molar-refractivity contribution in [3.63, 3.8) is 0 Å². The Morgan fingerprint density at radius 3 is 2.39 bits per heavy atom. The quantitative estimate of drug-likeness (QED) is 0.886. The Labute approximate surface area is 144 Å². The Balaban J connectivity index is 0.00000192. The van der Waals surface area contributed by atoms with Crippen molar-refractivity contribution in [3.8, 4) is 5.75 Å². The van der Waals surface area contributed by atoms with Gasteiger partial charge in [0.15, 0.2) is 0 Å². The van der Waals surface area contributed by atoms with E-state index >= 15 is 0 Å². The number of halogens is 1. The lowest BCUT2D eigenvalue weighted by Gasteiger charge is -2.45. The van der Waals surface area contributed by atoms with E-state index in [2.05, 4.69) is 5.32 Å². The molecule has 3 N–H and O–H groups in total. The first-order valence-corrected chi connectivity index (χ1v) is 8.46. The van der Waals surface area contributed by atoms with Gasteiger partial charge in [-0.05, 0) is 68.7 Å². The maximum atomic E-state index is 12.5. The number of rotatable bonds is 4. The molecule has 1 aromatic carbocycles. The lowest BCUT2D eigenvalue weighted by Crippen LogP contribution is -2.53. The van der Waals surface area contributed by atoms with E-state index in [0.29, 0.717) is 36.1 Å². The van der Waals surface area contributed by atoms with Crippen LogP contribution in [0.25, 0.3) is 0 Å². The van der Waals surface area contributed by atoms with Crippen LogP contribution in [0.4, 0.5) is 0 Å². The molecule has 4 nitrogen and oxygen atoms in total. The number of amides is 1. The molecule has 128 valence electrons. The molecule has 1 aromatic rings. The van der Waals surface area contributed by atoms with Crippen LogP contribution >= 0.6 is 12.4 Å². The zero-order valence-corrected chi connectivity index (χ0v) is 14.5. The van der Waals surface area contributed by atoms with Crippen molar-refractivity contribution in [1.29, 1.82) is 0 Å². The van der Waals surface area contributed by atoms with Crippen LogP contribution in [0.5, 0.6) is 5.75 Å². The van der Waals surface area contributed by atoms with Gasteiger partial charge in [-0.25, -0.2) is 0 Å². The van der Waals surface area contributed by atoms with Crippen molar-refractivity contribution >= 4 is 18.3 Å². The van der Waals surface area contributed by atoms with Gasteiger partial charge in [-0.2, -0.15) is 0 Å². The van der Waals surface area contributed by atoms with Crippen LogP contribution in [0.3, 0.4) is 0 Å². The average Bonchev–Trinajstić information content (AvgIpc) is 2.49. The fourth-order valence-corrected chi connectivity index (χ4v) is 4.13. The van der Waals surface area contributed by atoms with Crippen LogP contribution in [0, 0.1) is 11.8 Å². The molecule has 0 aliphatic heterocycles. The first kappa shape index (κ1) is 18.1. The zero-order valence-electron chi connectivity index (χ0n) is 13.7. The van der Waals surface area contributed by atoms with Gasteiger partial charge in [0.05, 0.1) is 6.61 Å². The monoisotopic (exact) mass is 338 g/mol. The minimum Gasteiger partial charge on any atom is -0.494 e. The van der Waals surface area contributed by atoms with Gasteiger partial charge in [0, 0.05) is 17.6 Å². The van der Waals surface area contributed by atoms with Gasteiger partial charge in [-0.1, -0.05) is 6.42 Å². The van der Waals surface area contributed by atoms with E-state index in [1.54, 1.807) is 0 Å². The lowest BCUT2D eigenvalue weighted by atomic mass is 9.67. The number of carbonyl (C=O) groups is 1.